The number of furan rings is 2. The first-order valence-corrected chi connectivity index (χ1v) is 9.42. The van der Waals surface area contributed by atoms with Crippen LogP contribution in [0.5, 0.6) is 0 Å². The molecule has 0 unspecified atom stereocenters. The van der Waals surface area contributed by atoms with Gasteiger partial charge in [-0.05, 0) is 42.5 Å². The van der Waals surface area contributed by atoms with Gasteiger partial charge in [-0.1, -0.05) is 18.2 Å². The zero-order valence-electron chi connectivity index (χ0n) is 15.2. The van der Waals surface area contributed by atoms with Crippen molar-refractivity contribution in [3.63, 3.8) is 0 Å². The van der Waals surface area contributed by atoms with Crippen LogP contribution >= 0.6 is 0 Å². The smallest absolute Gasteiger partial charge is 0.215 e. The Kier molecular flexibility index (Phi) is 2.68. The normalized spacial score (nSPS) is 12.1. The second-order valence-electron chi connectivity index (χ2n) is 7.14. The molecule has 0 saturated heterocycles. The lowest BCUT2D eigenvalue weighted by molar-refractivity contribution is 0.644. The minimum Gasteiger partial charge on any atom is -0.456 e. The second-order valence-corrected chi connectivity index (χ2v) is 7.14. The number of benzene rings is 2. The predicted octanol–water partition coefficient (Wildman–Crippen LogP) is 6.22. The van der Waals surface area contributed by atoms with Gasteiger partial charge in [0.1, 0.15) is 22.4 Å². The summed E-state index contributed by atoms with van der Waals surface area (Å²) in [6.07, 6.45) is 5.41. The zero-order valence-corrected chi connectivity index (χ0v) is 15.2. The monoisotopic (exact) mass is 375 g/mol. The van der Waals surface area contributed by atoms with Crippen molar-refractivity contribution < 1.29 is 8.83 Å². The maximum atomic E-state index is 6.26. The molecule has 5 heteroatoms. The van der Waals surface area contributed by atoms with E-state index in [2.05, 4.69) is 32.7 Å². The van der Waals surface area contributed by atoms with Crippen LogP contribution in [0.2, 0.25) is 0 Å². The van der Waals surface area contributed by atoms with Crippen LogP contribution in [0.25, 0.3) is 60.7 Å². The van der Waals surface area contributed by atoms with Crippen molar-refractivity contribution in [3.8, 4) is 5.69 Å². The average Bonchev–Trinajstić information content (AvgIpc) is 3.41. The van der Waals surface area contributed by atoms with E-state index in [1.165, 1.54) is 0 Å². The molecule has 0 N–H and O–H groups in total. The Labute approximate surface area is 163 Å². The van der Waals surface area contributed by atoms with E-state index in [-0.39, 0.29) is 0 Å². The van der Waals surface area contributed by atoms with Crippen molar-refractivity contribution in [2.45, 2.75) is 0 Å². The van der Waals surface area contributed by atoms with Crippen molar-refractivity contribution in [2.75, 3.05) is 0 Å². The lowest BCUT2D eigenvalue weighted by Crippen LogP contribution is -1.94. The highest BCUT2D eigenvalue weighted by Crippen LogP contribution is 2.39. The van der Waals surface area contributed by atoms with Gasteiger partial charge in [0.25, 0.3) is 0 Å². The van der Waals surface area contributed by atoms with Crippen LogP contribution in [0, 0.1) is 0 Å². The molecular formula is C24H13N3O2. The highest BCUT2D eigenvalue weighted by molar-refractivity contribution is 6.19. The zero-order chi connectivity index (χ0) is 18.9. The van der Waals surface area contributed by atoms with Gasteiger partial charge in [0, 0.05) is 40.1 Å². The Bertz CT molecular complexity index is 1720. The summed E-state index contributed by atoms with van der Waals surface area (Å²) < 4.78 is 14.3. The molecule has 0 spiro atoms. The van der Waals surface area contributed by atoms with E-state index in [9.17, 15) is 0 Å². The summed E-state index contributed by atoms with van der Waals surface area (Å²) in [5.74, 6) is 0. The lowest BCUT2D eigenvalue weighted by Gasteiger charge is -2.05. The summed E-state index contributed by atoms with van der Waals surface area (Å²) in [4.78, 5) is 8.95. The number of hydrogen-bond acceptors (Lipinski definition) is 4. The van der Waals surface area contributed by atoms with Crippen LogP contribution in [0.4, 0.5) is 0 Å². The molecule has 5 nitrogen and oxygen atoms in total. The van der Waals surface area contributed by atoms with E-state index < -0.39 is 0 Å². The number of aromatic nitrogens is 3. The SMILES string of the molecule is c1ccc2c(c1)oc1ccc(-n3c4ncccc4c4c5cnccc5oc43)cc12. The van der Waals surface area contributed by atoms with Gasteiger partial charge in [-0.2, -0.15) is 0 Å². The maximum absolute atomic E-state index is 6.26. The minimum atomic E-state index is 0.772. The van der Waals surface area contributed by atoms with E-state index in [1.807, 2.05) is 54.9 Å². The Morgan fingerprint density at radius 1 is 0.690 bits per heavy atom. The molecule has 7 rings (SSSR count). The van der Waals surface area contributed by atoms with Crippen LogP contribution in [-0.2, 0) is 0 Å². The predicted molar refractivity (Wildman–Crippen MR) is 113 cm³/mol. The number of pyridine rings is 2. The highest BCUT2D eigenvalue weighted by Gasteiger charge is 2.20. The molecule has 0 amide bonds. The van der Waals surface area contributed by atoms with Gasteiger partial charge < -0.3 is 8.83 Å². The van der Waals surface area contributed by atoms with Crippen molar-refractivity contribution in [3.05, 3.63) is 79.3 Å². The van der Waals surface area contributed by atoms with Crippen molar-refractivity contribution in [1.82, 2.24) is 14.5 Å². The summed E-state index contributed by atoms with van der Waals surface area (Å²) in [5.41, 5.74) is 5.18. The number of nitrogens with zero attached hydrogens (tertiary/aromatic N) is 3. The third-order valence-corrected chi connectivity index (χ3v) is 5.56. The largest absolute Gasteiger partial charge is 0.456 e. The molecule has 5 heterocycles. The van der Waals surface area contributed by atoms with Crippen molar-refractivity contribution in [1.29, 1.82) is 0 Å². The molecule has 7 aromatic rings. The number of para-hydroxylation sites is 1. The first kappa shape index (κ1) is 14.9. The summed E-state index contributed by atoms with van der Waals surface area (Å²) in [6, 6.07) is 20.2. The first-order valence-electron chi connectivity index (χ1n) is 9.42. The van der Waals surface area contributed by atoms with Crippen molar-refractivity contribution in [2.24, 2.45) is 0 Å². The Hall–Kier alpha value is -4.12. The number of hydrogen-bond donors (Lipinski definition) is 0. The summed E-state index contributed by atoms with van der Waals surface area (Å²) in [7, 11) is 0. The van der Waals surface area contributed by atoms with Crippen LogP contribution in [0.15, 0.2) is 88.1 Å². The molecule has 0 saturated carbocycles. The highest BCUT2D eigenvalue weighted by atomic mass is 16.3. The van der Waals surface area contributed by atoms with E-state index in [1.54, 1.807) is 6.20 Å². The van der Waals surface area contributed by atoms with Crippen LogP contribution in [0.1, 0.15) is 0 Å². The van der Waals surface area contributed by atoms with Gasteiger partial charge in [0.2, 0.25) is 5.71 Å². The quantitative estimate of drug-likeness (QED) is 0.342. The molecule has 0 atom stereocenters. The molecule has 0 aliphatic heterocycles. The van der Waals surface area contributed by atoms with Crippen molar-refractivity contribution >= 4 is 55.0 Å². The molecule has 136 valence electrons. The maximum Gasteiger partial charge on any atom is 0.215 e. The summed E-state index contributed by atoms with van der Waals surface area (Å²) in [6.45, 7) is 0. The van der Waals surface area contributed by atoms with E-state index in [0.29, 0.717) is 0 Å². The number of fused-ring (bicyclic) bond motifs is 8. The van der Waals surface area contributed by atoms with E-state index in [4.69, 9.17) is 8.83 Å². The third kappa shape index (κ3) is 1.88. The molecule has 0 bridgehead atoms. The van der Waals surface area contributed by atoms with Crippen LogP contribution in [0.3, 0.4) is 0 Å². The van der Waals surface area contributed by atoms with Gasteiger partial charge >= 0.3 is 0 Å². The van der Waals surface area contributed by atoms with Gasteiger partial charge in [-0.25, -0.2) is 4.98 Å². The summed E-state index contributed by atoms with van der Waals surface area (Å²) in [5, 5.41) is 5.24. The van der Waals surface area contributed by atoms with E-state index >= 15 is 0 Å². The fourth-order valence-electron chi connectivity index (χ4n) is 4.31. The Morgan fingerprint density at radius 2 is 1.55 bits per heavy atom. The molecule has 0 aliphatic carbocycles. The Balaban J connectivity index is 1.65. The van der Waals surface area contributed by atoms with Gasteiger partial charge in [0.05, 0.1) is 11.1 Å². The minimum absolute atomic E-state index is 0.772. The second kappa shape index (κ2) is 5.23. The molecular weight excluding hydrogens is 362 g/mol. The molecule has 2 aromatic carbocycles. The molecule has 0 aliphatic rings. The fourth-order valence-corrected chi connectivity index (χ4v) is 4.31. The standard InChI is InChI=1S/C24H13N3O2/c1-2-6-19-15(4-1)17-12-14(7-8-20(17)28-19)27-23-16(5-3-10-26-23)22-18-13-25-11-9-21(18)29-24(22)27/h1-13H. The summed E-state index contributed by atoms with van der Waals surface area (Å²) >= 11 is 0. The van der Waals surface area contributed by atoms with Crippen LogP contribution < -0.4 is 0 Å². The van der Waals surface area contributed by atoms with Gasteiger partial charge in [0.15, 0.2) is 0 Å². The van der Waals surface area contributed by atoms with Gasteiger partial charge in [-0.3, -0.25) is 9.55 Å². The number of rotatable bonds is 1. The lowest BCUT2D eigenvalue weighted by atomic mass is 10.1. The van der Waals surface area contributed by atoms with E-state index in [0.717, 1.165) is 60.7 Å². The third-order valence-electron chi connectivity index (χ3n) is 5.56. The van der Waals surface area contributed by atoms with Crippen LogP contribution in [-0.4, -0.2) is 14.5 Å². The topological polar surface area (TPSA) is 57.0 Å². The Morgan fingerprint density at radius 3 is 2.55 bits per heavy atom. The molecule has 0 radical (unpaired) electrons. The van der Waals surface area contributed by atoms with Gasteiger partial charge in [-0.15, -0.1) is 0 Å². The molecule has 0 fully saturated rings. The molecule has 5 aromatic heterocycles. The first-order chi connectivity index (χ1) is 14.4. The average molecular weight is 375 g/mol. The fraction of sp³-hybridized carbons (Fsp3) is 0. The molecule has 29 heavy (non-hydrogen) atoms.